The number of carbonyl (C=O) groups is 1. The SMILES string of the molecule is CCSc1nnc(-c2ccccc2NC(=O)COc2cccnc2)c(=O)[nH]1. The molecule has 0 saturated carbocycles. The van der Waals surface area contributed by atoms with Crippen LogP contribution in [0.3, 0.4) is 0 Å². The van der Waals surface area contributed by atoms with Gasteiger partial charge in [-0.3, -0.25) is 19.6 Å². The molecule has 0 aliphatic carbocycles. The largest absolute Gasteiger partial charge is 0.482 e. The van der Waals surface area contributed by atoms with Gasteiger partial charge in [-0.25, -0.2) is 0 Å². The first-order valence-corrected chi connectivity index (χ1v) is 9.18. The molecule has 0 atom stereocenters. The average molecular weight is 383 g/mol. The van der Waals surface area contributed by atoms with E-state index < -0.39 is 0 Å². The number of carbonyl (C=O) groups excluding carboxylic acids is 1. The molecule has 0 aliphatic rings. The summed E-state index contributed by atoms with van der Waals surface area (Å²) in [5.74, 6) is 0.897. The van der Waals surface area contributed by atoms with Crippen LogP contribution in [0.1, 0.15) is 6.92 Å². The molecule has 0 aliphatic heterocycles. The molecule has 0 fully saturated rings. The van der Waals surface area contributed by atoms with Crippen molar-refractivity contribution in [1.82, 2.24) is 20.2 Å². The summed E-state index contributed by atoms with van der Waals surface area (Å²) >= 11 is 1.39. The number of thioether (sulfide) groups is 1. The summed E-state index contributed by atoms with van der Waals surface area (Å²) in [5.41, 5.74) is 0.704. The number of hydrogen-bond acceptors (Lipinski definition) is 7. The Kier molecular flexibility index (Phi) is 6.16. The minimum Gasteiger partial charge on any atom is -0.482 e. The van der Waals surface area contributed by atoms with Crippen LogP contribution in [0.15, 0.2) is 58.7 Å². The Morgan fingerprint density at radius 2 is 2.07 bits per heavy atom. The standard InChI is InChI=1S/C18H17N5O3S/c1-2-27-18-21-17(25)16(22-23-18)13-7-3-4-8-14(13)20-15(24)11-26-12-6-5-9-19-10-12/h3-10H,2,11H2,1H3,(H,20,24)(H,21,23,25). The number of anilines is 1. The van der Waals surface area contributed by atoms with Crippen LogP contribution in [-0.4, -0.2) is 38.4 Å². The number of nitrogens with one attached hydrogen (secondary N) is 2. The molecule has 3 rings (SSSR count). The van der Waals surface area contributed by atoms with Gasteiger partial charge in [-0.2, -0.15) is 0 Å². The van der Waals surface area contributed by atoms with E-state index in [4.69, 9.17) is 4.74 Å². The van der Waals surface area contributed by atoms with E-state index >= 15 is 0 Å². The third-order valence-electron chi connectivity index (χ3n) is 3.42. The van der Waals surface area contributed by atoms with E-state index in [9.17, 15) is 9.59 Å². The number of para-hydroxylation sites is 1. The molecule has 2 heterocycles. The van der Waals surface area contributed by atoms with Gasteiger partial charge in [0.25, 0.3) is 11.5 Å². The number of ether oxygens (including phenoxy) is 1. The number of pyridine rings is 1. The predicted octanol–water partition coefficient (Wildman–Crippen LogP) is 2.36. The molecule has 0 spiro atoms. The van der Waals surface area contributed by atoms with Crippen LogP contribution in [-0.2, 0) is 4.79 Å². The first-order chi connectivity index (χ1) is 13.2. The second kappa shape index (κ2) is 8.95. The molecule has 1 aromatic carbocycles. The van der Waals surface area contributed by atoms with Crippen LogP contribution >= 0.6 is 11.8 Å². The maximum absolute atomic E-state index is 12.3. The van der Waals surface area contributed by atoms with E-state index in [1.165, 1.54) is 18.0 Å². The van der Waals surface area contributed by atoms with Gasteiger partial charge >= 0.3 is 0 Å². The molecule has 0 saturated heterocycles. The fourth-order valence-electron chi connectivity index (χ4n) is 2.27. The van der Waals surface area contributed by atoms with Crippen molar-refractivity contribution >= 4 is 23.4 Å². The second-order valence-electron chi connectivity index (χ2n) is 5.31. The van der Waals surface area contributed by atoms with Gasteiger partial charge in [0.05, 0.1) is 11.9 Å². The third-order valence-corrected chi connectivity index (χ3v) is 4.16. The smallest absolute Gasteiger partial charge is 0.278 e. The van der Waals surface area contributed by atoms with Crippen LogP contribution in [0, 0.1) is 0 Å². The van der Waals surface area contributed by atoms with Crippen molar-refractivity contribution in [1.29, 1.82) is 0 Å². The highest BCUT2D eigenvalue weighted by atomic mass is 32.2. The van der Waals surface area contributed by atoms with Gasteiger partial charge in [0.1, 0.15) is 5.75 Å². The van der Waals surface area contributed by atoms with Gasteiger partial charge in [-0.05, 0) is 24.0 Å². The van der Waals surface area contributed by atoms with Gasteiger partial charge < -0.3 is 10.1 Å². The number of H-pyrrole nitrogens is 1. The number of nitrogens with zero attached hydrogens (tertiary/aromatic N) is 3. The van der Waals surface area contributed by atoms with E-state index in [2.05, 4.69) is 25.5 Å². The van der Waals surface area contributed by atoms with Crippen LogP contribution < -0.4 is 15.6 Å². The Bertz CT molecular complexity index is 978. The Morgan fingerprint density at radius 3 is 2.81 bits per heavy atom. The number of amides is 1. The molecule has 1 amide bonds. The zero-order valence-electron chi connectivity index (χ0n) is 14.5. The molecule has 3 aromatic rings. The van der Waals surface area contributed by atoms with E-state index in [-0.39, 0.29) is 23.8 Å². The van der Waals surface area contributed by atoms with Crippen LogP contribution in [0.25, 0.3) is 11.3 Å². The maximum atomic E-state index is 12.3. The average Bonchev–Trinajstić information content (AvgIpc) is 2.68. The molecular weight excluding hydrogens is 366 g/mol. The topological polar surface area (TPSA) is 110 Å². The number of aromatic nitrogens is 4. The lowest BCUT2D eigenvalue weighted by Gasteiger charge is -2.11. The lowest BCUT2D eigenvalue weighted by atomic mass is 10.1. The zero-order valence-corrected chi connectivity index (χ0v) is 15.3. The van der Waals surface area contributed by atoms with Gasteiger partial charge in [-0.1, -0.05) is 36.9 Å². The predicted molar refractivity (Wildman–Crippen MR) is 103 cm³/mol. The zero-order chi connectivity index (χ0) is 19.1. The minimum absolute atomic E-state index is 0.138. The summed E-state index contributed by atoms with van der Waals surface area (Å²) in [5, 5.41) is 11.2. The Morgan fingerprint density at radius 1 is 1.22 bits per heavy atom. The first-order valence-electron chi connectivity index (χ1n) is 8.19. The monoisotopic (exact) mass is 383 g/mol. The lowest BCUT2D eigenvalue weighted by Crippen LogP contribution is -2.21. The molecule has 0 bridgehead atoms. The van der Waals surface area contributed by atoms with Gasteiger partial charge in [0.2, 0.25) is 0 Å². The second-order valence-corrected chi connectivity index (χ2v) is 6.56. The highest BCUT2D eigenvalue weighted by Crippen LogP contribution is 2.24. The normalized spacial score (nSPS) is 10.4. The summed E-state index contributed by atoms with van der Waals surface area (Å²) in [6.07, 6.45) is 3.14. The maximum Gasteiger partial charge on any atom is 0.278 e. The molecule has 27 heavy (non-hydrogen) atoms. The van der Waals surface area contributed by atoms with E-state index in [0.717, 1.165) is 5.75 Å². The highest BCUT2D eigenvalue weighted by Gasteiger charge is 2.14. The van der Waals surface area contributed by atoms with Crippen molar-refractivity contribution in [2.24, 2.45) is 0 Å². The summed E-state index contributed by atoms with van der Waals surface area (Å²) in [6, 6.07) is 10.3. The minimum atomic E-state index is -0.367. The van der Waals surface area contributed by atoms with Gasteiger partial charge in [-0.15, -0.1) is 10.2 Å². The molecular formula is C18H17N5O3S. The number of benzene rings is 1. The summed E-state index contributed by atoms with van der Waals surface area (Å²) in [7, 11) is 0. The van der Waals surface area contributed by atoms with Crippen molar-refractivity contribution < 1.29 is 9.53 Å². The molecule has 0 unspecified atom stereocenters. The molecule has 2 N–H and O–H groups in total. The fraction of sp³-hybridized carbons (Fsp3) is 0.167. The van der Waals surface area contributed by atoms with Crippen LogP contribution in [0.5, 0.6) is 5.75 Å². The molecule has 8 nitrogen and oxygen atoms in total. The van der Waals surface area contributed by atoms with Crippen molar-refractivity contribution in [3.8, 4) is 17.0 Å². The fourth-order valence-corrected chi connectivity index (χ4v) is 2.80. The summed E-state index contributed by atoms with van der Waals surface area (Å²) in [4.78, 5) is 31.2. The first kappa shape index (κ1) is 18.6. The Labute approximate surface area is 159 Å². The molecule has 138 valence electrons. The van der Waals surface area contributed by atoms with E-state index in [1.54, 1.807) is 42.6 Å². The van der Waals surface area contributed by atoms with Crippen LogP contribution in [0.4, 0.5) is 5.69 Å². The van der Waals surface area contributed by atoms with E-state index in [0.29, 0.717) is 22.2 Å². The van der Waals surface area contributed by atoms with Crippen molar-refractivity contribution in [3.63, 3.8) is 0 Å². The summed E-state index contributed by atoms with van der Waals surface area (Å²) < 4.78 is 5.38. The summed E-state index contributed by atoms with van der Waals surface area (Å²) in [6.45, 7) is 1.77. The Hall–Kier alpha value is -3.20. The van der Waals surface area contributed by atoms with Crippen molar-refractivity contribution in [3.05, 3.63) is 59.1 Å². The van der Waals surface area contributed by atoms with Crippen LogP contribution in [0.2, 0.25) is 0 Å². The molecule has 2 aromatic heterocycles. The lowest BCUT2D eigenvalue weighted by molar-refractivity contribution is -0.118. The molecule has 9 heteroatoms. The number of hydrogen-bond donors (Lipinski definition) is 2. The van der Waals surface area contributed by atoms with Crippen molar-refractivity contribution in [2.45, 2.75) is 12.1 Å². The molecule has 0 radical (unpaired) electrons. The number of aromatic amines is 1. The number of rotatable bonds is 7. The van der Waals surface area contributed by atoms with Gasteiger partial charge in [0, 0.05) is 11.8 Å². The highest BCUT2D eigenvalue weighted by molar-refractivity contribution is 7.99. The van der Waals surface area contributed by atoms with Gasteiger partial charge in [0.15, 0.2) is 17.5 Å². The third kappa shape index (κ3) is 4.91. The van der Waals surface area contributed by atoms with Crippen molar-refractivity contribution in [2.75, 3.05) is 17.7 Å². The Balaban J connectivity index is 1.76. The quantitative estimate of drug-likeness (QED) is 0.603. The van der Waals surface area contributed by atoms with E-state index in [1.807, 2.05) is 6.92 Å².